The molecule has 1 N–H and O–H groups in total. The zero-order chi connectivity index (χ0) is 18.4. The quantitative estimate of drug-likeness (QED) is 0.825. The van der Waals surface area contributed by atoms with Gasteiger partial charge in [-0.25, -0.2) is 0 Å². The molecule has 1 amide bonds. The first-order valence-electron chi connectivity index (χ1n) is 9.66. The van der Waals surface area contributed by atoms with Crippen LogP contribution in [0.25, 0.3) is 0 Å². The van der Waals surface area contributed by atoms with Crippen molar-refractivity contribution >= 4 is 5.91 Å². The van der Waals surface area contributed by atoms with Crippen molar-refractivity contribution in [2.45, 2.75) is 44.6 Å². The highest BCUT2D eigenvalue weighted by Gasteiger charge is 2.26. The zero-order valence-electron chi connectivity index (χ0n) is 15.9. The van der Waals surface area contributed by atoms with Crippen molar-refractivity contribution in [3.8, 4) is 0 Å². The van der Waals surface area contributed by atoms with Gasteiger partial charge in [-0.2, -0.15) is 5.10 Å². The maximum absolute atomic E-state index is 13.3. The van der Waals surface area contributed by atoms with Gasteiger partial charge in [-0.15, -0.1) is 0 Å². The Morgan fingerprint density at radius 1 is 1.12 bits per heavy atom. The summed E-state index contributed by atoms with van der Waals surface area (Å²) in [6, 6.07) is 10.2. The number of nitrogens with one attached hydrogen (secondary N) is 1. The van der Waals surface area contributed by atoms with E-state index in [0.29, 0.717) is 19.0 Å². The monoisotopic (exact) mass is 354 g/mol. The Kier molecular flexibility index (Phi) is 6.45. The van der Waals surface area contributed by atoms with Gasteiger partial charge in [-0.3, -0.25) is 9.89 Å². The van der Waals surface area contributed by atoms with Gasteiger partial charge < -0.3 is 9.80 Å². The Hall–Kier alpha value is -2.14. The summed E-state index contributed by atoms with van der Waals surface area (Å²) in [6.07, 6.45) is 7.81. The third-order valence-electron chi connectivity index (χ3n) is 5.23. The third-order valence-corrected chi connectivity index (χ3v) is 5.23. The fourth-order valence-electron chi connectivity index (χ4n) is 3.72. The summed E-state index contributed by atoms with van der Waals surface area (Å²) in [6.45, 7) is 2.17. The van der Waals surface area contributed by atoms with E-state index in [1.165, 1.54) is 19.3 Å². The fraction of sp³-hybridized carbons (Fsp3) is 0.524. The first-order chi connectivity index (χ1) is 12.6. The molecule has 1 heterocycles. The standard InChI is InChI=1S/C21H30N4O/c1-24(2)13-14-25(16-17-9-5-3-6-10-17)21(26)19-15-22-23-20(19)18-11-7-4-8-12-18/h3,5-6,9-10,15,18H,4,7-8,11-14,16H2,1-2H3,(H,22,23). The molecule has 2 aromatic rings. The predicted molar refractivity (Wildman–Crippen MR) is 104 cm³/mol. The van der Waals surface area contributed by atoms with E-state index in [0.717, 1.165) is 36.2 Å². The van der Waals surface area contributed by atoms with Crippen LogP contribution in [-0.4, -0.2) is 53.1 Å². The van der Waals surface area contributed by atoms with Gasteiger partial charge >= 0.3 is 0 Å². The van der Waals surface area contributed by atoms with Gasteiger partial charge in [0.2, 0.25) is 0 Å². The predicted octanol–water partition coefficient (Wildman–Crippen LogP) is 3.66. The van der Waals surface area contributed by atoms with E-state index in [-0.39, 0.29) is 5.91 Å². The number of likely N-dealkylation sites (N-methyl/N-ethyl adjacent to an activating group) is 1. The van der Waals surface area contributed by atoms with E-state index in [9.17, 15) is 4.79 Å². The minimum atomic E-state index is 0.0880. The molecule has 1 fully saturated rings. The number of hydrogen-bond acceptors (Lipinski definition) is 3. The molecule has 3 rings (SSSR count). The SMILES string of the molecule is CN(C)CCN(Cc1ccccc1)C(=O)c1cn[nH]c1C1CCCCC1. The van der Waals surface area contributed by atoms with Gasteiger partial charge in [0.05, 0.1) is 17.5 Å². The maximum Gasteiger partial charge on any atom is 0.257 e. The van der Waals surface area contributed by atoms with Gasteiger partial charge in [0.25, 0.3) is 5.91 Å². The van der Waals surface area contributed by atoms with Crippen LogP contribution in [0.3, 0.4) is 0 Å². The van der Waals surface area contributed by atoms with Crippen molar-refractivity contribution in [1.82, 2.24) is 20.0 Å². The first-order valence-corrected chi connectivity index (χ1v) is 9.66. The summed E-state index contributed by atoms with van der Waals surface area (Å²) in [5, 5.41) is 7.35. The van der Waals surface area contributed by atoms with Gasteiger partial charge in [0.1, 0.15) is 0 Å². The molecule has 0 atom stereocenters. The number of hydrogen-bond donors (Lipinski definition) is 1. The molecule has 0 aliphatic heterocycles. The lowest BCUT2D eigenvalue weighted by molar-refractivity contribution is 0.0730. The number of aromatic nitrogens is 2. The molecule has 5 nitrogen and oxygen atoms in total. The molecule has 5 heteroatoms. The lowest BCUT2D eigenvalue weighted by Crippen LogP contribution is -2.36. The summed E-state index contributed by atoms with van der Waals surface area (Å²) >= 11 is 0. The van der Waals surface area contributed by atoms with Crippen LogP contribution in [0.4, 0.5) is 0 Å². The molecule has 1 saturated carbocycles. The third kappa shape index (κ3) is 4.73. The minimum Gasteiger partial charge on any atom is -0.333 e. The van der Waals surface area contributed by atoms with Crippen LogP contribution in [0.1, 0.15) is 59.6 Å². The molecule has 1 aliphatic rings. The van der Waals surface area contributed by atoms with Crippen molar-refractivity contribution < 1.29 is 4.79 Å². The second-order valence-corrected chi connectivity index (χ2v) is 7.55. The second-order valence-electron chi connectivity index (χ2n) is 7.55. The molecule has 1 aliphatic carbocycles. The minimum absolute atomic E-state index is 0.0880. The summed E-state index contributed by atoms with van der Waals surface area (Å²) < 4.78 is 0. The number of rotatable bonds is 7. The maximum atomic E-state index is 13.3. The zero-order valence-corrected chi connectivity index (χ0v) is 15.9. The van der Waals surface area contributed by atoms with Crippen LogP contribution in [0, 0.1) is 0 Å². The summed E-state index contributed by atoms with van der Waals surface area (Å²) in [5.41, 5.74) is 2.95. The van der Waals surface area contributed by atoms with Crippen LogP contribution >= 0.6 is 0 Å². The lowest BCUT2D eigenvalue weighted by Gasteiger charge is -2.26. The van der Waals surface area contributed by atoms with Crippen LogP contribution in [0.15, 0.2) is 36.5 Å². The Bertz CT molecular complexity index is 689. The number of benzene rings is 1. The van der Waals surface area contributed by atoms with E-state index >= 15 is 0 Å². The van der Waals surface area contributed by atoms with E-state index in [1.54, 1.807) is 6.20 Å². The smallest absolute Gasteiger partial charge is 0.257 e. The highest BCUT2D eigenvalue weighted by molar-refractivity contribution is 5.95. The molecule has 0 bridgehead atoms. The van der Waals surface area contributed by atoms with E-state index in [4.69, 9.17) is 0 Å². The number of H-pyrrole nitrogens is 1. The Labute approximate surface area is 156 Å². The summed E-state index contributed by atoms with van der Waals surface area (Å²) in [7, 11) is 4.08. The summed E-state index contributed by atoms with van der Waals surface area (Å²) in [4.78, 5) is 17.4. The van der Waals surface area contributed by atoms with Crippen LogP contribution in [-0.2, 0) is 6.54 Å². The molecule has 26 heavy (non-hydrogen) atoms. The normalized spacial score (nSPS) is 15.3. The van der Waals surface area contributed by atoms with Crippen LogP contribution in [0.2, 0.25) is 0 Å². The van der Waals surface area contributed by atoms with Gasteiger partial charge in [0, 0.05) is 25.6 Å². The Morgan fingerprint density at radius 2 is 1.85 bits per heavy atom. The topological polar surface area (TPSA) is 52.2 Å². The van der Waals surface area contributed by atoms with E-state index < -0.39 is 0 Å². The Morgan fingerprint density at radius 3 is 2.54 bits per heavy atom. The van der Waals surface area contributed by atoms with Gasteiger partial charge in [-0.05, 0) is 32.5 Å². The van der Waals surface area contributed by atoms with Crippen molar-refractivity contribution in [2.75, 3.05) is 27.2 Å². The number of amides is 1. The molecule has 0 saturated heterocycles. The van der Waals surface area contributed by atoms with Crippen LogP contribution in [0.5, 0.6) is 0 Å². The molecule has 140 valence electrons. The van der Waals surface area contributed by atoms with Crippen molar-refractivity contribution in [1.29, 1.82) is 0 Å². The average molecular weight is 354 g/mol. The summed E-state index contributed by atoms with van der Waals surface area (Å²) in [5.74, 6) is 0.530. The first kappa shape index (κ1) is 18.6. The van der Waals surface area contributed by atoms with E-state index in [1.807, 2.05) is 37.2 Å². The number of carbonyl (C=O) groups excluding carboxylic acids is 1. The average Bonchev–Trinajstić information content (AvgIpc) is 3.16. The molecule has 1 aromatic carbocycles. The molecule has 0 unspecified atom stereocenters. The van der Waals surface area contributed by atoms with Gasteiger partial charge in [0.15, 0.2) is 0 Å². The van der Waals surface area contributed by atoms with Gasteiger partial charge in [-0.1, -0.05) is 49.6 Å². The number of carbonyl (C=O) groups is 1. The molecular weight excluding hydrogens is 324 g/mol. The molecule has 0 radical (unpaired) electrons. The number of nitrogens with zero attached hydrogens (tertiary/aromatic N) is 3. The highest BCUT2D eigenvalue weighted by Crippen LogP contribution is 2.33. The van der Waals surface area contributed by atoms with E-state index in [2.05, 4.69) is 27.2 Å². The fourth-order valence-corrected chi connectivity index (χ4v) is 3.72. The molecule has 1 aromatic heterocycles. The lowest BCUT2D eigenvalue weighted by atomic mass is 9.85. The molecular formula is C21H30N4O. The van der Waals surface area contributed by atoms with Crippen molar-refractivity contribution in [2.24, 2.45) is 0 Å². The Balaban J connectivity index is 1.79. The second kappa shape index (κ2) is 8.99. The van der Waals surface area contributed by atoms with Crippen molar-refractivity contribution in [3.05, 3.63) is 53.3 Å². The highest BCUT2D eigenvalue weighted by atomic mass is 16.2. The molecule has 0 spiro atoms. The van der Waals surface area contributed by atoms with Crippen LogP contribution < -0.4 is 0 Å². The largest absolute Gasteiger partial charge is 0.333 e. The number of aromatic amines is 1. The van der Waals surface area contributed by atoms with Crippen molar-refractivity contribution in [3.63, 3.8) is 0 Å².